The summed E-state index contributed by atoms with van der Waals surface area (Å²) >= 11 is 0. The molecular weight excluding hydrogens is 319 g/mol. The highest BCUT2D eigenvalue weighted by Gasteiger charge is 2.23. The molecule has 1 amide bonds. The van der Waals surface area contributed by atoms with E-state index < -0.39 is 0 Å². The molecule has 5 nitrogen and oxygen atoms in total. The number of nitrogens with zero attached hydrogens (tertiary/aromatic N) is 4. The standard InChI is InChI=1S/C19H25FN4O/c1-4-22(5-2)17-13-21-19(15-7-6-8-16(20)18(15)17)24-11-9-23(10-12-24)14(3)25/h6-8,13H,4-5,9-12H2,1-3H3. The maximum Gasteiger partial charge on any atom is 0.219 e. The Hall–Kier alpha value is -2.37. The number of amides is 1. The summed E-state index contributed by atoms with van der Waals surface area (Å²) in [5.74, 6) is 0.680. The monoisotopic (exact) mass is 344 g/mol. The molecule has 134 valence electrons. The first-order valence-electron chi connectivity index (χ1n) is 8.89. The van der Waals surface area contributed by atoms with Gasteiger partial charge in [0.1, 0.15) is 11.6 Å². The Balaban J connectivity index is 2.02. The number of carbonyl (C=O) groups is 1. The van der Waals surface area contributed by atoms with E-state index in [1.165, 1.54) is 6.07 Å². The largest absolute Gasteiger partial charge is 0.370 e. The Morgan fingerprint density at radius 1 is 1.20 bits per heavy atom. The summed E-state index contributed by atoms with van der Waals surface area (Å²) in [5, 5.41) is 1.46. The Morgan fingerprint density at radius 3 is 2.48 bits per heavy atom. The summed E-state index contributed by atoms with van der Waals surface area (Å²) in [6, 6.07) is 5.18. The van der Waals surface area contributed by atoms with Crippen molar-refractivity contribution in [3.63, 3.8) is 0 Å². The lowest BCUT2D eigenvalue weighted by Crippen LogP contribution is -2.48. The minimum Gasteiger partial charge on any atom is -0.370 e. The lowest BCUT2D eigenvalue weighted by molar-refractivity contribution is -0.129. The summed E-state index contributed by atoms with van der Waals surface area (Å²) in [5.41, 5.74) is 0.837. The Labute approximate surface area is 148 Å². The van der Waals surface area contributed by atoms with E-state index in [1.54, 1.807) is 19.2 Å². The molecule has 2 aromatic rings. The first-order chi connectivity index (χ1) is 12.1. The third-order valence-corrected chi connectivity index (χ3v) is 4.95. The average Bonchev–Trinajstić information content (AvgIpc) is 2.63. The van der Waals surface area contributed by atoms with Gasteiger partial charge in [-0.15, -0.1) is 0 Å². The Morgan fingerprint density at radius 2 is 1.88 bits per heavy atom. The molecule has 2 heterocycles. The summed E-state index contributed by atoms with van der Waals surface area (Å²) in [7, 11) is 0. The minimum atomic E-state index is -0.217. The molecule has 25 heavy (non-hydrogen) atoms. The first kappa shape index (κ1) is 17.5. The normalized spacial score (nSPS) is 14.9. The number of halogens is 1. The van der Waals surface area contributed by atoms with E-state index in [0.29, 0.717) is 31.6 Å². The quantitative estimate of drug-likeness (QED) is 0.855. The summed E-state index contributed by atoms with van der Waals surface area (Å²) in [6.07, 6.45) is 1.78. The number of hydrogen-bond donors (Lipinski definition) is 0. The maximum atomic E-state index is 14.7. The zero-order valence-corrected chi connectivity index (χ0v) is 15.1. The fourth-order valence-electron chi connectivity index (χ4n) is 3.52. The van der Waals surface area contributed by atoms with E-state index in [2.05, 4.69) is 28.6 Å². The van der Waals surface area contributed by atoms with Crippen LogP contribution in [0.3, 0.4) is 0 Å². The highest BCUT2D eigenvalue weighted by Crippen LogP contribution is 2.34. The van der Waals surface area contributed by atoms with E-state index in [-0.39, 0.29) is 11.7 Å². The first-order valence-corrected chi connectivity index (χ1v) is 8.89. The van der Waals surface area contributed by atoms with Gasteiger partial charge in [-0.3, -0.25) is 4.79 Å². The van der Waals surface area contributed by atoms with Gasteiger partial charge < -0.3 is 14.7 Å². The van der Waals surface area contributed by atoms with Gasteiger partial charge in [-0.05, 0) is 19.9 Å². The van der Waals surface area contributed by atoms with Crippen LogP contribution < -0.4 is 9.80 Å². The second-order valence-corrected chi connectivity index (χ2v) is 6.29. The lowest BCUT2D eigenvalue weighted by Gasteiger charge is -2.35. The van der Waals surface area contributed by atoms with Crippen molar-refractivity contribution >= 4 is 28.2 Å². The molecule has 1 saturated heterocycles. The van der Waals surface area contributed by atoms with Gasteiger partial charge in [-0.25, -0.2) is 9.37 Å². The van der Waals surface area contributed by atoms with E-state index in [1.807, 2.05) is 11.0 Å². The maximum absolute atomic E-state index is 14.7. The van der Waals surface area contributed by atoms with Crippen LogP contribution in [0.5, 0.6) is 0 Å². The van der Waals surface area contributed by atoms with Crippen molar-refractivity contribution in [3.8, 4) is 0 Å². The molecule has 0 atom stereocenters. The number of anilines is 2. The van der Waals surface area contributed by atoms with Gasteiger partial charge in [-0.1, -0.05) is 12.1 Å². The van der Waals surface area contributed by atoms with E-state index in [9.17, 15) is 9.18 Å². The molecule has 1 aromatic carbocycles. The van der Waals surface area contributed by atoms with Gasteiger partial charge in [0, 0.05) is 57.0 Å². The van der Waals surface area contributed by atoms with Crippen LogP contribution in [-0.4, -0.2) is 55.1 Å². The average molecular weight is 344 g/mol. The van der Waals surface area contributed by atoms with Gasteiger partial charge in [0.25, 0.3) is 0 Å². The predicted octanol–water partition coefficient (Wildman–Crippen LogP) is 2.89. The van der Waals surface area contributed by atoms with Crippen LogP contribution in [-0.2, 0) is 4.79 Å². The van der Waals surface area contributed by atoms with Crippen molar-refractivity contribution in [3.05, 3.63) is 30.2 Å². The number of fused-ring (bicyclic) bond motifs is 1. The molecule has 0 spiro atoms. The fraction of sp³-hybridized carbons (Fsp3) is 0.474. The molecule has 6 heteroatoms. The number of carbonyl (C=O) groups excluding carboxylic acids is 1. The Bertz CT molecular complexity index is 767. The summed E-state index contributed by atoms with van der Waals surface area (Å²) in [4.78, 5) is 22.3. The highest BCUT2D eigenvalue weighted by molar-refractivity contribution is 6.01. The van der Waals surface area contributed by atoms with Gasteiger partial charge in [0.05, 0.1) is 11.9 Å². The van der Waals surface area contributed by atoms with Crippen molar-refractivity contribution in [1.82, 2.24) is 9.88 Å². The van der Waals surface area contributed by atoms with Gasteiger partial charge >= 0.3 is 0 Å². The molecule has 0 aliphatic carbocycles. The summed E-state index contributed by atoms with van der Waals surface area (Å²) < 4.78 is 14.7. The number of pyridine rings is 1. The molecule has 0 unspecified atom stereocenters. The molecule has 0 radical (unpaired) electrons. The van der Waals surface area contributed by atoms with Gasteiger partial charge in [0.2, 0.25) is 5.91 Å². The summed E-state index contributed by atoms with van der Waals surface area (Å²) in [6.45, 7) is 10.1. The van der Waals surface area contributed by atoms with Crippen LogP contribution in [0.2, 0.25) is 0 Å². The third-order valence-electron chi connectivity index (χ3n) is 4.95. The van der Waals surface area contributed by atoms with Gasteiger partial charge in [-0.2, -0.15) is 0 Å². The van der Waals surface area contributed by atoms with Crippen molar-refractivity contribution in [2.45, 2.75) is 20.8 Å². The number of hydrogen-bond acceptors (Lipinski definition) is 4. The van der Waals surface area contributed by atoms with Crippen LogP contribution in [0.25, 0.3) is 10.8 Å². The smallest absolute Gasteiger partial charge is 0.219 e. The molecule has 0 saturated carbocycles. The third kappa shape index (κ3) is 3.25. The molecule has 3 rings (SSSR count). The van der Waals surface area contributed by atoms with Crippen molar-refractivity contribution in [2.75, 3.05) is 49.1 Å². The molecule has 1 fully saturated rings. The molecule has 1 aliphatic rings. The minimum absolute atomic E-state index is 0.0976. The van der Waals surface area contributed by atoms with Crippen LogP contribution >= 0.6 is 0 Å². The molecule has 0 N–H and O–H groups in total. The number of rotatable bonds is 4. The number of aromatic nitrogens is 1. The second kappa shape index (κ2) is 7.25. The van der Waals surface area contributed by atoms with E-state index in [0.717, 1.165) is 30.0 Å². The van der Waals surface area contributed by atoms with Crippen LogP contribution in [0.15, 0.2) is 24.4 Å². The topological polar surface area (TPSA) is 39.7 Å². The SMILES string of the molecule is CCN(CC)c1cnc(N2CCN(C(C)=O)CC2)c2cccc(F)c12. The lowest BCUT2D eigenvalue weighted by atomic mass is 10.1. The molecular formula is C19H25FN4O. The molecule has 0 bridgehead atoms. The van der Waals surface area contributed by atoms with Crippen LogP contribution in [0, 0.1) is 5.82 Å². The second-order valence-electron chi connectivity index (χ2n) is 6.29. The zero-order chi connectivity index (χ0) is 18.0. The number of piperazine rings is 1. The highest BCUT2D eigenvalue weighted by atomic mass is 19.1. The molecule has 1 aliphatic heterocycles. The van der Waals surface area contributed by atoms with Crippen molar-refractivity contribution in [2.24, 2.45) is 0 Å². The van der Waals surface area contributed by atoms with E-state index in [4.69, 9.17) is 0 Å². The number of benzene rings is 1. The molecule has 1 aromatic heterocycles. The predicted molar refractivity (Wildman–Crippen MR) is 99.7 cm³/mol. The van der Waals surface area contributed by atoms with Crippen molar-refractivity contribution in [1.29, 1.82) is 0 Å². The van der Waals surface area contributed by atoms with Gasteiger partial charge in [0.15, 0.2) is 0 Å². The van der Waals surface area contributed by atoms with Crippen molar-refractivity contribution < 1.29 is 9.18 Å². The van der Waals surface area contributed by atoms with Crippen LogP contribution in [0.4, 0.5) is 15.9 Å². The Kier molecular flexibility index (Phi) is 5.06. The van der Waals surface area contributed by atoms with E-state index >= 15 is 0 Å². The zero-order valence-electron chi connectivity index (χ0n) is 15.1. The van der Waals surface area contributed by atoms with Crippen LogP contribution in [0.1, 0.15) is 20.8 Å². The fourth-order valence-corrected chi connectivity index (χ4v) is 3.52.